The van der Waals surface area contributed by atoms with Crippen LogP contribution in [0.1, 0.15) is 34.3 Å². The van der Waals surface area contributed by atoms with Crippen molar-refractivity contribution in [3.63, 3.8) is 0 Å². The lowest BCUT2D eigenvalue weighted by molar-refractivity contribution is 0.0189. The molecular weight excluding hydrogens is 300 g/mol. The largest absolute Gasteiger partial charge is 0.383 e. The van der Waals surface area contributed by atoms with Crippen molar-refractivity contribution in [1.29, 1.82) is 0 Å². The molecule has 0 bridgehead atoms. The van der Waals surface area contributed by atoms with Gasteiger partial charge in [0.05, 0.1) is 6.54 Å². The molecule has 0 radical (unpaired) electrons. The van der Waals surface area contributed by atoms with Gasteiger partial charge in [-0.3, -0.25) is 4.79 Å². The molecule has 126 valence electrons. The molecular formula is C20H24N2O2. The van der Waals surface area contributed by atoms with Crippen LogP contribution in [0, 0.1) is 0 Å². The van der Waals surface area contributed by atoms with Gasteiger partial charge in [0, 0.05) is 25.3 Å². The number of fused-ring (bicyclic) bond motifs is 1. The van der Waals surface area contributed by atoms with E-state index in [1.807, 2.05) is 55.4 Å². The maximum Gasteiger partial charge on any atom is 0.251 e. The third-order valence-electron chi connectivity index (χ3n) is 4.72. The highest BCUT2D eigenvalue weighted by molar-refractivity contribution is 5.95. The van der Waals surface area contributed by atoms with E-state index in [4.69, 9.17) is 0 Å². The average molecular weight is 324 g/mol. The first-order valence-corrected chi connectivity index (χ1v) is 8.36. The molecule has 1 aliphatic carbocycles. The molecule has 0 aromatic heterocycles. The third kappa shape index (κ3) is 3.29. The van der Waals surface area contributed by atoms with Crippen molar-refractivity contribution in [3.05, 3.63) is 65.2 Å². The zero-order valence-electron chi connectivity index (χ0n) is 14.2. The third-order valence-corrected chi connectivity index (χ3v) is 4.72. The first kappa shape index (κ1) is 16.5. The Morgan fingerprint density at radius 1 is 1.21 bits per heavy atom. The second kappa shape index (κ2) is 6.65. The number of amides is 1. The summed E-state index contributed by atoms with van der Waals surface area (Å²) in [6.07, 6.45) is 2.58. The lowest BCUT2D eigenvalue weighted by Crippen LogP contribution is -2.43. The second-order valence-electron chi connectivity index (χ2n) is 6.67. The normalized spacial score (nSPS) is 19.5. The van der Waals surface area contributed by atoms with Crippen molar-refractivity contribution in [3.8, 4) is 0 Å². The molecule has 24 heavy (non-hydrogen) atoms. The molecule has 2 N–H and O–H groups in total. The minimum atomic E-state index is -0.982. The summed E-state index contributed by atoms with van der Waals surface area (Å²) in [7, 11) is 3.89. The first-order valence-electron chi connectivity index (χ1n) is 8.36. The summed E-state index contributed by atoms with van der Waals surface area (Å²) in [4.78, 5) is 14.4. The van der Waals surface area contributed by atoms with Crippen LogP contribution in [0.3, 0.4) is 0 Å². The monoisotopic (exact) mass is 324 g/mol. The van der Waals surface area contributed by atoms with Gasteiger partial charge in [0.1, 0.15) is 5.60 Å². The van der Waals surface area contributed by atoms with E-state index in [-0.39, 0.29) is 12.5 Å². The first-order chi connectivity index (χ1) is 11.5. The van der Waals surface area contributed by atoms with Gasteiger partial charge in [-0.25, -0.2) is 0 Å². The van der Waals surface area contributed by atoms with E-state index in [1.165, 1.54) is 5.56 Å². The number of carbonyl (C=O) groups excluding carboxylic acids is 1. The van der Waals surface area contributed by atoms with Crippen LogP contribution < -0.4 is 10.2 Å². The molecule has 2 aromatic carbocycles. The van der Waals surface area contributed by atoms with Crippen molar-refractivity contribution < 1.29 is 9.90 Å². The van der Waals surface area contributed by atoms with Gasteiger partial charge in [-0.05, 0) is 48.6 Å². The number of hydrogen-bond acceptors (Lipinski definition) is 3. The molecule has 4 heteroatoms. The van der Waals surface area contributed by atoms with Crippen molar-refractivity contribution in [2.75, 3.05) is 25.5 Å². The molecule has 4 nitrogen and oxygen atoms in total. The van der Waals surface area contributed by atoms with Gasteiger partial charge >= 0.3 is 0 Å². The molecule has 0 fully saturated rings. The highest BCUT2D eigenvalue weighted by atomic mass is 16.3. The van der Waals surface area contributed by atoms with E-state index in [1.54, 1.807) is 6.07 Å². The zero-order valence-corrected chi connectivity index (χ0v) is 14.2. The van der Waals surface area contributed by atoms with Crippen LogP contribution in [0.2, 0.25) is 0 Å². The molecule has 0 spiro atoms. The van der Waals surface area contributed by atoms with E-state index in [0.29, 0.717) is 12.0 Å². The SMILES string of the molecule is CN(C)c1cccc(C(=O)NCC2(O)CCCc3ccccc32)c1. The summed E-state index contributed by atoms with van der Waals surface area (Å²) < 4.78 is 0. The number of nitrogens with zero attached hydrogens (tertiary/aromatic N) is 1. The van der Waals surface area contributed by atoms with E-state index >= 15 is 0 Å². The van der Waals surface area contributed by atoms with Gasteiger partial charge in [0.2, 0.25) is 0 Å². The van der Waals surface area contributed by atoms with Crippen molar-refractivity contribution in [2.45, 2.75) is 24.9 Å². The van der Waals surface area contributed by atoms with Gasteiger partial charge in [0.25, 0.3) is 5.91 Å². The summed E-state index contributed by atoms with van der Waals surface area (Å²) in [5.74, 6) is -0.157. The molecule has 1 aliphatic rings. The van der Waals surface area contributed by atoms with Crippen molar-refractivity contribution >= 4 is 11.6 Å². The Hall–Kier alpha value is -2.33. The number of nitrogens with one attached hydrogen (secondary N) is 1. The fourth-order valence-electron chi connectivity index (χ4n) is 3.34. The van der Waals surface area contributed by atoms with Gasteiger partial charge in [-0.1, -0.05) is 30.3 Å². The molecule has 1 unspecified atom stereocenters. The maximum absolute atomic E-state index is 12.5. The summed E-state index contributed by atoms with van der Waals surface area (Å²) in [6, 6.07) is 15.4. The standard InChI is InChI=1S/C20H24N2O2/c1-22(2)17-10-5-8-16(13-17)19(23)21-14-20(24)12-6-9-15-7-3-4-11-18(15)20/h3-5,7-8,10-11,13,24H,6,9,12,14H2,1-2H3,(H,21,23). The van der Waals surface area contributed by atoms with Crippen LogP contribution in [0.5, 0.6) is 0 Å². The Balaban J connectivity index is 1.74. The molecule has 2 aromatic rings. The van der Waals surface area contributed by atoms with Gasteiger partial charge < -0.3 is 15.3 Å². The fourth-order valence-corrected chi connectivity index (χ4v) is 3.34. The van der Waals surface area contributed by atoms with E-state index in [0.717, 1.165) is 24.1 Å². The van der Waals surface area contributed by atoms with Gasteiger partial charge in [0.15, 0.2) is 0 Å². The molecule has 0 saturated carbocycles. The molecule has 3 rings (SSSR count). The zero-order chi connectivity index (χ0) is 17.2. The van der Waals surface area contributed by atoms with Crippen LogP contribution in [0.4, 0.5) is 5.69 Å². The van der Waals surface area contributed by atoms with E-state index in [9.17, 15) is 9.90 Å². The average Bonchev–Trinajstić information content (AvgIpc) is 2.60. The summed E-state index contributed by atoms with van der Waals surface area (Å²) in [5.41, 5.74) is 2.72. The Morgan fingerprint density at radius 2 is 2.00 bits per heavy atom. The van der Waals surface area contributed by atoms with Crippen molar-refractivity contribution in [2.24, 2.45) is 0 Å². The number of anilines is 1. The highest BCUT2D eigenvalue weighted by Gasteiger charge is 2.34. The predicted octanol–water partition coefficient (Wildman–Crippen LogP) is 2.71. The van der Waals surface area contributed by atoms with E-state index in [2.05, 4.69) is 11.4 Å². The Morgan fingerprint density at radius 3 is 2.79 bits per heavy atom. The Kier molecular flexibility index (Phi) is 4.58. The number of hydrogen-bond donors (Lipinski definition) is 2. The van der Waals surface area contributed by atoms with Crippen LogP contribution >= 0.6 is 0 Å². The fraction of sp³-hybridized carbons (Fsp3) is 0.350. The number of aryl methyl sites for hydroxylation is 1. The number of rotatable bonds is 4. The van der Waals surface area contributed by atoms with Crippen LogP contribution in [-0.2, 0) is 12.0 Å². The molecule has 1 atom stereocenters. The highest BCUT2D eigenvalue weighted by Crippen LogP contribution is 2.34. The van der Waals surface area contributed by atoms with Crippen LogP contribution in [0.15, 0.2) is 48.5 Å². The summed E-state index contributed by atoms with van der Waals surface area (Å²) in [5, 5.41) is 13.9. The van der Waals surface area contributed by atoms with Crippen molar-refractivity contribution in [1.82, 2.24) is 5.32 Å². The molecule has 1 amide bonds. The Labute approximate surface area is 143 Å². The lowest BCUT2D eigenvalue weighted by Gasteiger charge is -2.34. The number of aliphatic hydroxyl groups is 1. The summed E-state index contributed by atoms with van der Waals surface area (Å²) >= 11 is 0. The minimum absolute atomic E-state index is 0.157. The van der Waals surface area contributed by atoms with E-state index < -0.39 is 5.60 Å². The predicted molar refractivity (Wildman–Crippen MR) is 96.4 cm³/mol. The Bertz CT molecular complexity index is 742. The minimum Gasteiger partial charge on any atom is -0.383 e. The van der Waals surface area contributed by atoms with Gasteiger partial charge in [-0.15, -0.1) is 0 Å². The quantitative estimate of drug-likeness (QED) is 0.909. The molecule has 0 heterocycles. The molecule has 0 aliphatic heterocycles. The van der Waals surface area contributed by atoms with Gasteiger partial charge in [-0.2, -0.15) is 0 Å². The topological polar surface area (TPSA) is 52.6 Å². The van der Waals surface area contributed by atoms with Crippen LogP contribution in [-0.4, -0.2) is 31.7 Å². The smallest absolute Gasteiger partial charge is 0.251 e. The number of carbonyl (C=O) groups is 1. The molecule has 0 saturated heterocycles. The number of benzene rings is 2. The maximum atomic E-state index is 12.5. The second-order valence-corrected chi connectivity index (χ2v) is 6.67. The van der Waals surface area contributed by atoms with Crippen LogP contribution in [0.25, 0.3) is 0 Å². The summed E-state index contributed by atoms with van der Waals surface area (Å²) in [6.45, 7) is 0.231. The lowest BCUT2D eigenvalue weighted by atomic mass is 9.79.